The molecule has 1 saturated heterocycles. The lowest BCUT2D eigenvalue weighted by Crippen LogP contribution is -2.59. The predicted octanol–water partition coefficient (Wildman–Crippen LogP) is 4.97. The molecule has 204 valence electrons. The van der Waals surface area contributed by atoms with E-state index in [9.17, 15) is 20.1 Å². The topological polar surface area (TPSA) is 105 Å². The summed E-state index contributed by atoms with van der Waals surface area (Å²) in [5, 5.41) is 30.2. The molecule has 1 rings (SSSR count). The molecule has 7 nitrogen and oxygen atoms in total. The van der Waals surface area contributed by atoms with Crippen LogP contribution >= 0.6 is 0 Å². The van der Waals surface area contributed by atoms with Crippen LogP contribution < -0.4 is 0 Å². The smallest absolute Gasteiger partial charge is 0.305 e. The monoisotopic (exact) mass is 498 g/mol. The van der Waals surface area contributed by atoms with Gasteiger partial charge in [0.25, 0.3) is 0 Å². The van der Waals surface area contributed by atoms with Crippen molar-refractivity contribution in [1.82, 2.24) is 0 Å². The minimum Gasteiger partial charge on any atom is -0.463 e. The second-order valence-corrected chi connectivity index (χ2v) is 9.40. The lowest BCUT2D eigenvalue weighted by Gasteiger charge is -2.39. The predicted molar refractivity (Wildman–Crippen MR) is 138 cm³/mol. The van der Waals surface area contributed by atoms with Crippen molar-refractivity contribution < 1.29 is 34.3 Å². The number of aliphatic hydroxyl groups is 3. The number of carbonyl (C=O) groups excluding carboxylic acids is 1. The SMILES string of the molecule is CCCCCC=CCC=CCCCCCCCC(=O)OC[C@H]1OC(OCCCC)[C@H](O)[C@@H](O)[C@@H]1O. The lowest BCUT2D eigenvalue weighted by molar-refractivity contribution is -0.301. The van der Waals surface area contributed by atoms with Crippen molar-refractivity contribution in [3.8, 4) is 0 Å². The molecule has 5 atom stereocenters. The molecule has 1 unspecified atom stereocenters. The van der Waals surface area contributed by atoms with Gasteiger partial charge in [-0.15, -0.1) is 0 Å². The molecule has 1 aliphatic rings. The molecule has 0 aromatic rings. The van der Waals surface area contributed by atoms with Crippen molar-refractivity contribution in [2.24, 2.45) is 0 Å². The number of carbonyl (C=O) groups is 1. The van der Waals surface area contributed by atoms with Crippen LogP contribution in [-0.4, -0.2) is 65.2 Å². The Hall–Kier alpha value is -1.25. The maximum Gasteiger partial charge on any atom is 0.305 e. The molecule has 1 heterocycles. The molecular formula is C28H50O7. The highest BCUT2D eigenvalue weighted by atomic mass is 16.7. The number of rotatable bonds is 20. The van der Waals surface area contributed by atoms with Gasteiger partial charge in [-0.3, -0.25) is 4.79 Å². The summed E-state index contributed by atoms with van der Waals surface area (Å²) in [6.07, 6.45) is 17.2. The Bertz CT molecular complexity index is 578. The Morgan fingerprint density at radius 1 is 0.771 bits per heavy atom. The van der Waals surface area contributed by atoms with Crippen LogP contribution in [0.25, 0.3) is 0 Å². The van der Waals surface area contributed by atoms with E-state index in [0.717, 1.165) is 57.8 Å². The number of hydrogen-bond acceptors (Lipinski definition) is 7. The van der Waals surface area contributed by atoms with Gasteiger partial charge in [0, 0.05) is 13.0 Å². The molecule has 0 aromatic heterocycles. The fourth-order valence-corrected chi connectivity index (χ4v) is 3.86. The minimum atomic E-state index is -1.42. The number of esters is 1. The van der Waals surface area contributed by atoms with E-state index in [1.165, 1.54) is 25.7 Å². The van der Waals surface area contributed by atoms with Gasteiger partial charge in [0.2, 0.25) is 0 Å². The van der Waals surface area contributed by atoms with Crippen molar-refractivity contribution in [3.05, 3.63) is 24.3 Å². The van der Waals surface area contributed by atoms with Gasteiger partial charge in [-0.05, 0) is 44.9 Å². The average Bonchev–Trinajstić information content (AvgIpc) is 2.85. The maximum atomic E-state index is 12.0. The molecule has 1 aliphatic heterocycles. The molecule has 1 fully saturated rings. The van der Waals surface area contributed by atoms with Crippen LogP contribution in [0.5, 0.6) is 0 Å². The maximum absolute atomic E-state index is 12.0. The molecule has 0 amide bonds. The van der Waals surface area contributed by atoms with Gasteiger partial charge in [0.15, 0.2) is 6.29 Å². The second-order valence-electron chi connectivity index (χ2n) is 9.40. The first-order valence-corrected chi connectivity index (χ1v) is 13.8. The Labute approximate surface area is 212 Å². The summed E-state index contributed by atoms with van der Waals surface area (Å²) < 4.78 is 16.2. The average molecular weight is 499 g/mol. The summed E-state index contributed by atoms with van der Waals surface area (Å²) in [4.78, 5) is 12.0. The van der Waals surface area contributed by atoms with Crippen molar-refractivity contribution >= 4 is 5.97 Å². The third-order valence-electron chi connectivity index (χ3n) is 6.19. The summed E-state index contributed by atoms with van der Waals surface area (Å²) in [6, 6.07) is 0. The fourth-order valence-electron chi connectivity index (χ4n) is 3.86. The van der Waals surface area contributed by atoms with Crippen LogP contribution in [-0.2, 0) is 19.0 Å². The van der Waals surface area contributed by atoms with Gasteiger partial charge >= 0.3 is 5.97 Å². The van der Waals surface area contributed by atoms with Crippen molar-refractivity contribution in [1.29, 1.82) is 0 Å². The van der Waals surface area contributed by atoms with E-state index < -0.39 is 30.7 Å². The molecule has 0 aliphatic carbocycles. The Morgan fingerprint density at radius 3 is 2.09 bits per heavy atom. The zero-order valence-corrected chi connectivity index (χ0v) is 22.0. The van der Waals surface area contributed by atoms with Crippen LogP contribution in [0.1, 0.15) is 104 Å². The van der Waals surface area contributed by atoms with Crippen LogP contribution in [0.2, 0.25) is 0 Å². The molecule has 0 aromatic carbocycles. The van der Waals surface area contributed by atoms with E-state index in [1.807, 2.05) is 6.92 Å². The summed E-state index contributed by atoms with van der Waals surface area (Å²) in [7, 11) is 0. The number of hydrogen-bond donors (Lipinski definition) is 3. The molecule has 7 heteroatoms. The zero-order chi connectivity index (χ0) is 25.7. The summed E-state index contributed by atoms with van der Waals surface area (Å²) in [5.41, 5.74) is 0. The summed E-state index contributed by atoms with van der Waals surface area (Å²) in [6.45, 7) is 4.43. The number of ether oxygens (including phenoxy) is 3. The number of allylic oxidation sites excluding steroid dienone is 4. The van der Waals surface area contributed by atoms with Crippen LogP contribution in [0.4, 0.5) is 0 Å². The van der Waals surface area contributed by atoms with Gasteiger partial charge in [0.1, 0.15) is 31.0 Å². The first kappa shape index (κ1) is 31.8. The van der Waals surface area contributed by atoms with Gasteiger partial charge in [-0.2, -0.15) is 0 Å². The van der Waals surface area contributed by atoms with Crippen molar-refractivity contribution in [2.75, 3.05) is 13.2 Å². The highest BCUT2D eigenvalue weighted by Crippen LogP contribution is 2.23. The van der Waals surface area contributed by atoms with Crippen LogP contribution in [0.3, 0.4) is 0 Å². The standard InChI is InChI=1S/C28H50O7/c1-3-5-7-8-9-10-11-12-13-14-15-16-17-18-19-20-24(29)34-22-23-25(30)26(31)27(32)28(35-23)33-21-6-4-2/h9-10,12-13,23,25-28,30-32H,3-8,11,14-22H2,1-2H3/t23-,25-,26+,27-,28?/m1/s1. The van der Waals surface area contributed by atoms with E-state index >= 15 is 0 Å². The first-order valence-electron chi connectivity index (χ1n) is 13.8. The Kier molecular flexibility index (Phi) is 19.0. The Morgan fingerprint density at radius 2 is 1.40 bits per heavy atom. The third-order valence-corrected chi connectivity index (χ3v) is 6.19. The van der Waals surface area contributed by atoms with E-state index in [4.69, 9.17) is 14.2 Å². The normalized spacial score (nSPS) is 25.0. The van der Waals surface area contributed by atoms with Gasteiger partial charge in [-0.1, -0.05) is 76.7 Å². The van der Waals surface area contributed by atoms with E-state index in [-0.39, 0.29) is 12.6 Å². The fraction of sp³-hybridized carbons (Fsp3) is 0.821. The Balaban J connectivity index is 2.07. The van der Waals surface area contributed by atoms with E-state index in [2.05, 4.69) is 31.2 Å². The molecule has 0 spiro atoms. The van der Waals surface area contributed by atoms with Gasteiger partial charge in [-0.25, -0.2) is 0 Å². The van der Waals surface area contributed by atoms with E-state index in [0.29, 0.717) is 13.0 Å². The van der Waals surface area contributed by atoms with Crippen molar-refractivity contribution in [2.45, 2.75) is 134 Å². The number of unbranched alkanes of at least 4 members (excludes halogenated alkanes) is 9. The quantitative estimate of drug-likeness (QED) is 0.124. The zero-order valence-electron chi connectivity index (χ0n) is 22.0. The molecule has 3 N–H and O–H groups in total. The molecule has 0 bridgehead atoms. The molecule has 0 saturated carbocycles. The minimum absolute atomic E-state index is 0.183. The largest absolute Gasteiger partial charge is 0.463 e. The highest BCUT2D eigenvalue weighted by molar-refractivity contribution is 5.69. The second kappa shape index (κ2) is 20.9. The van der Waals surface area contributed by atoms with Crippen LogP contribution in [0.15, 0.2) is 24.3 Å². The molecular weight excluding hydrogens is 448 g/mol. The van der Waals surface area contributed by atoms with E-state index in [1.54, 1.807) is 0 Å². The number of aliphatic hydroxyl groups excluding tert-OH is 3. The summed E-state index contributed by atoms with van der Waals surface area (Å²) >= 11 is 0. The molecule has 35 heavy (non-hydrogen) atoms. The summed E-state index contributed by atoms with van der Waals surface area (Å²) in [5.74, 6) is -0.351. The van der Waals surface area contributed by atoms with Crippen molar-refractivity contribution in [3.63, 3.8) is 0 Å². The highest BCUT2D eigenvalue weighted by Gasteiger charge is 2.44. The van der Waals surface area contributed by atoms with Gasteiger partial charge < -0.3 is 29.5 Å². The molecule has 0 radical (unpaired) electrons. The first-order chi connectivity index (χ1) is 17.0. The van der Waals surface area contributed by atoms with Crippen LogP contribution in [0, 0.1) is 0 Å². The lowest BCUT2D eigenvalue weighted by atomic mass is 9.99. The third kappa shape index (κ3) is 14.8. The van der Waals surface area contributed by atoms with Gasteiger partial charge in [0.05, 0.1) is 0 Å².